The standard InChI is InChI=1S/C24H19ClO3/c25-22-10-2-1-8-20(22)21-9-4-5-15-13-17(24(27)28)11-12-19(15)23(21)16-6-3-7-18(26)14-16/h1-3,6-8,10-14,26H,4-5,9H2,(H,27,28). The van der Waals surface area contributed by atoms with Gasteiger partial charge in [0.05, 0.1) is 5.56 Å². The Balaban J connectivity index is 2.03. The number of phenolic OH excluding ortho intramolecular Hbond substituents is 1. The minimum Gasteiger partial charge on any atom is -0.508 e. The van der Waals surface area contributed by atoms with Crippen LogP contribution < -0.4 is 0 Å². The van der Waals surface area contributed by atoms with Crippen LogP contribution in [0.2, 0.25) is 5.02 Å². The smallest absolute Gasteiger partial charge is 0.335 e. The third-order valence-electron chi connectivity index (χ3n) is 5.13. The van der Waals surface area contributed by atoms with E-state index in [2.05, 4.69) is 0 Å². The number of aromatic hydroxyl groups is 1. The number of aryl methyl sites for hydroxylation is 1. The fourth-order valence-electron chi connectivity index (χ4n) is 3.89. The number of aromatic carboxylic acids is 1. The quantitative estimate of drug-likeness (QED) is 0.573. The monoisotopic (exact) mass is 390 g/mol. The molecule has 28 heavy (non-hydrogen) atoms. The van der Waals surface area contributed by atoms with Crippen molar-refractivity contribution in [1.29, 1.82) is 0 Å². The lowest BCUT2D eigenvalue weighted by Gasteiger charge is -2.18. The van der Waals surface area contributed by atoms with Gasteiger partial charge < -0.3 is 10.2 Å². The molecule has 3 nitrogen and oxygen atoms in total. The second-order valence-corrected chi connectivity index (χ2v) is 7.32. The van der Waals surface area contributed by atoms with Crippen LogP contribution in [0.5, 0.6) is 5.75 Å². The average Bonchev–Trinajstić information content (AvgIpc) is 2.87. The molecule has 0 bridgehead atoms. The number of carbonyl (C=O) groups is 1. The van der Waals surface area contributed by atoms with E-state index >= 15 is 0 Å². The highest BCUT2D eigenvalue weighted by Gasteiger charge is 2.22. The summed E-state index contributed by atoms with van der Waals surface area (Å²) in [4.78, 5) is 11.4. The first-order chi connectivity index (χ1) is 13.5. The predicted octanol–water partition coefficient (Wildman–Crippen LogP) is 6.04. The number of halogens is 1. The first-order valence-electron chi connectivity index (χ1n) is 9.18. The van der Waals surface area contributed by atoms with Crippen LogP contribution in [0.4, 0.5) is 0 Å². The zero-order valence-electron chi connectivity index (χ0n) is 15.2. The van der Waals surface area contributed by atoms with E-state index in [1.807, 2.05) is 42.5 Å². The van der Waals surface area contributed by atoms with Crippen molar-refractivity contribution < 1.29 is 15.0 Å². The van der Waals surface area contributed by atoms with Crippen LogP contribution in [0.25, 0.3) is 11.1 Å². The Hall–Kier alpha value is -3.04. The predicted molar refractivity (Wildman–Crippen MR) is 112 cm³/mol. The molecule has 4 rings (SSSR count). The summed E-state index contributed by atoms with van der Waals surface area (Å²) in [5.41, 5.74) is 6.24. The van der Waals surface area contributed by atoms with Crippen molar-refractivity contribution in [3.05, 3.63) is 99.6 Å². The van der Waals surface area contributed by atoms with Gasteiger partial charge in [0.25, 0.3) is 0 Å². The lowest BCUT2D eigenvalue weighted by Crippen LogP contribution is -2.01. The largest absolute Gasteiger partial charge is 0.508 e. The summed E-state index contributed by atoms with van der Waals surface area (Å²) in [6.45, 7) is 0. The molecular weight excluding hydrogens is 372 g/mol. The Kier molecular flexibility index (Phi) is 4.93. The Morgan fingerprint density at radius 1 is 0.893 bits per heavy atom. The average molecular weight is 391 g/mol. The maximum Gasteiger partial charge on any atom is 0.335 e. The van der Waals surface area contributed by atoms with Crippen molar-refractivity contribution in [3.63, 3.8) is 0 Å². The van der Waals surface area contributed by atoms with E-state index in [-0.39, 0.29) is 11.3 Å². The third kappa shape index (κ3) is 3.41. The van der Waals surface area contributed by atoms with Crippen LogP contribution in [-0.4, -0.2) is 16.2 Å². The molecule has 0 amide bonds. The van der Waals surface area contributed by atoms with E-state index in [1.165, 1.54) is 0 Å². The fourth-order valence-corrected chi connectivity index (χ4v) is 4.14. The molecule has 1 aliphatic carbocycles. The number of rotatable bonds is 3. The van der Waals surface area contributed by atoms with Gasteiger partial charge in [0.1, 0.15) is 5.75 Å². The lowest BCUT2D eigenvalue weighted by atomic mass is 9.87. The van der Waals surface area contributed by atoms with Gasteiger partial charge in [0, 0.05) is 5.02 Å². The summed E-state index contributed by atoms with van der Waals surface area (Å²) in [5.74, 6) is -0.738. The molecule has 0 radical (unpaired) electrons. The van der Waals surface area contributed by atoms with Gasteiger partial charge in [-0.2, -0.15) is 0 Å². The van der Waals surface area contributed by atoms with Crippen LogP contribution in [0.15, 0.2) is 66.7 Å². The Morgan fingerprint density at radius 3 is 2.46 bits per heavy atom. The molecule has 4 heteroatoms. The van der Waals surface area contributed by atoms with Gasteiger partial charge in [-0.05, 0) is 83.0 Å². The number of carboxylic acid groups (broad SMARTS) is 1. The number of phenols is 1. The Bertz CT molecular complexity index is 1100. The normalized spacial score (nSPS) is 13.8. The summed E-state index contributed by atoms with van der Waals surface area (Å²) >= 11 is 6.53. The molecule has 0 heterocycles. The molecule has 3 aromatic rings. The molecule has 2 N–H and O–H groups in total. The highest BCUT2D eigenvalue weighted by atomic mass is 35.5. The molecular formula is C24H19ClO3. The van der Waals surface area contributed by atoms with Crippen LogP contribution in [-0.2, 0) is 6.42 Å². The Morgan fingerprint density at radius 2 is 1.71 bits per heavy atom. The number of fused-ring (bicyclic) bond motifs is 1. The minimum absolute atomic E-state index is 0.191. The molecule has 0 unspecified atom stereocenters. The summed E-state index contributed by atoms with van der Waals surface area (Å²) in [7, 11) is 0. The molecule has 1 aliphatic rings. The van der Waals surface area contributed by atoms with Gasteiger partial charge >= 0.3 is 5.97 Å². The molecule has 0 saturated carbocycles. The first-order valence-corrected chi connectivity index (χ1v) is 9.56. The van der Waals surface area contributed by atoms with Gasteiger partial charge in [0.15, 0.2) is 0 Å². The van der Waals surface area contributed by atoms with Gasteiger partial charge in [-0.3, -0.25) is 0 Å². The molecule has 0 saturated heterocycles. The molecule has 140 valence electrons. The Labute approximate surface area is 168 Å². The van der Waals surface area contributed by atoms with E-state index in [4.69, 9.17) is 11.6 Å². The number of benzene rings is 3. The minimum atomic E-state index is -0.929. The maximum absolute atomic E-state index is 11.4. The molecule has 0 atom stereocenters. The van der Waals surface area contributed by atoms with Gasteiger partial charge in [0.2, 0.25) is 0 Å². The molecule has 0 aromatic heterocycles. The highest BCUT2D eigenvalue weighted by Crippen LogP contribution is 2.42. The maximum atomic E-state index is 11.4. The lowest BCUT2D eigenvalue weighted by molar-refractivity contribution is 0.0696. The topological polar surface area (TPSA) is 57.5 Å². The third-order valence-corrected chi connectivity index (χ3v) is 5.46. The van der Waals surface area contributed by atoms with E-state index in [0.29, 0.717) is 5.02 Å². The number of allylic oxidation sites excluding steroid dienone is 1. The summed E-state index contributed by atoms with van der Waals surface area (Å²) in [6.07, 6.45) is 2.48. The van der Waals surface area contributed by atoms with Crippen molar-refractivity contribution >= 4 is 28.7 Å². The van der Waals surface area contributed by atoms with Gasteiger partial charge in [-0.1, -0.05) is 48.0 Å². The highest BCUT2D eigenvalue weighted by molar-refractivity contribution is 6.32. The van der Waals surface area contributed by atoms with Crippen molar-refractivity contribution in [3.8, 4) is 5.75 Å². The number of hydrogen-bond donors (Lipinski definition) is 2. The first kappa shape index (κ1) is 18.3. The zero-order valence-corrected chi connectivity index (χ0v) is 15.9. The summed E-state index contributed by atoms with van der Waals surface area (Å²) in [5, 5.41) is 20.1. The van der Waals surface area contributed by atoms with Crippen molar-refractivity contribution in [2.45, 2.75) is 19.3 Å². The second kappa shape index (κ2) is 7.53. The van der Waals surface area contributed by atoms with E-state index in [1.54, 1.807) is 24.3 Å². The van der Waals surface area contributed by atoms with Gasteiger partial charge in [-0.15, -0.1) is 0 Å². The second-order valence-electron chi connectivity index (χ2n) is 6.91. The van der Waals surface area contributed by atoms with Crippen LogP contribution in [0, 0.1) is 0 Å². The van der Waals surface area contributed by atoms with Crippen molar-refractivity contribution in [2.75, 3.05) is 0 Å². The molecule has 0 fully saturated rings. The fraction of sp³-hybridized carbons (Fsp3) is 0.125. The van der Waals surface area contributed by atoms with Gasteiger partial charge in [-0.25, -0.2) is 4.79 Å². The van der Waals surface area contributed by atoms with E-state index in [9.17, 15) is 15.0 Å². The zero-order chi connectivity index (χ0) is 19.7. The van der Waals surface area contributed by atoms with E-state index < -0.39 is 5.97 Å². The van der Waals surface area contributed by atoms with Crippen molar-refractivity contribution in [2.24, 2.45) is 0 Å². The van der Waals surface area contributed by atoms with Crippen LogP contribution >= 0.6 is 11.6 Å². The number of hydrogen-bond acceptors (Lipinski definition) is 2. The van der Waals surface area contributed by atoms with Crippen LogP contribution in [0.1, 0.15) is 45.5 Å². The molecule has 0 spiro atoms. The molecule has 0 aliphatic heterocycles. The molecule has 3 aromatic carbocycles. The van der Waals surface area contributed by atoms with Crippen molar-refractivity contribution in [1.82, 2.24) is 0 Å². The summed E-state index contributed by atoms with van der Waals surface area (Å²) in [6, 6.07) is 20.2. The summed E-state index contributed by atoms with van der Waals surface area (Å²) < 4.78 is 0. The SMILES string of the molecule is O=C(O)c1ccc2c(c1)CCCC(c1ccccc1Cl)=C2c1cccc(O)c1. The van der Waals surface area contributed by atoms with Crippen LogP contribution in [0.3, 0.4) is 0 Å². The number of carboxylic acids is 1. The van der Waals surface area contributed by atoms with E-state index in [0.717, 1.165) is 52.7 Å².